The van der Waals surface area contributed by atoms with E-state index >= 15 is 0 Å². The van der Waals surface area contributed by atoms with E-state index in [1.807, 2.05) is 0 Å². The molecule has 1 heterocycles. The van der Waals surface area contributed by atoms with E-state index in [9.17, 15) is 29.8 Å². The van der Waals surface area contributed by atoms with Gasteiger partial charge in [-0.3, -0.25) is 29.8 Å². The first-order valence-corrected chi connectivity index (χ1v) is 14.7. The molecule has 44 heavy (non-hydrogen) atoms. The van der Waals surface area contributed by atoms with Crippen LogP contribution < -0.4 is 4.74 Å². The van der Waals surface area contributed by atoms with E-state index in [4.69, 9.17) is 9.47 Å². The fraction of sp³-hybridized carbons (Fsp3) is 0.455. The van der Waals surface area contributed by atoms with Crippen molar-refractivity contribution in [3.05, 3.63) is 90.8 Å². The topological polar surface area (TPSA) is 142 Å². The highest BCUT2D eigenvalue weighted by atomic mass is 16.6. The minimum absolute atomic E-state index is 0.0432. The Bertz CT molecular complexity index is 1570. The second-order valence-corrected chi connectivity index (χ2v) is 13.3. The summed E-state index contributed by atoms with van der Waals surface area (Å²) in [6.45, 7) is 9.41. The number of methoxy groups -OCH3 is 1. The number of non-ortho nitro benzene ring substituents is 1. The van der Waals surface area contributed by atoms with Crippen LogP contribution in [0.2, 0.25) is 0 Å². The van der Waals surface area contributed by atoms with Crippen molar-refractivity contribution in [2.24, 2.45) is 10.8 Å². The lowest BCUT2D eigenvalue weighted by Gasteiger charge is -2.49. The summed E-state index contributed by atoms with van der Waals surface area (Å²) in [6, 6.07) is 10.1. The van der Waals surface area contributed by atoms with Crippen molar-refractivity contribution in [1.82, 2.24) is 4.90 Å². The first-order chi connectivity index (χ1) is 20.7. The highest BCUT2D eigenvalue weighted by molar-refractivity contribution is 6.07. The monoisotopic (exact) mass is 603 g/mol. The summed E-state index contributed by atoms with van der Waals surface area (Å²) >= 11 is 0. The third kappa shape index (κ3) is 5.88. The largest absolute Gasteiger partial charge is 0.450 e. The van der Waals surface area contributed by atoms with E-state index in [-0.39, 0.29) is 33.9 Å². The maximum absolute atomic E-state index is 14.1. The number of carbonyl (C=O) groups excluding carboxylic acids is 2. The van der Waals surface area contributed by atoms with Gasteiger partial charge in [0.05, 0.1) is 15.9 Å². The van der Waals surface area contributed by atoms with Crippen LogP contribution in [0.15, 0.2) is 65.0 Å². The van der Waals surface area contributed by atoms with E-state index in [0.29, 0.717) is 62.0 Å². The number of ketones is 2. The Morgan fingerprint density at radius 3 is 1.98 bits per heavy atom. The maximum Gasteiger partial charge on any atom is 0.318 e. The molecule has 2 aromatic carbocycles. The van der Waals surface area contributed by atoms with Gasteiger partial charge in [-0.15, -0.1) is 0 Å². The van der Waals surface area contributed by atoms with Gasteiger partial charge < -0.3 is 14.4 Å². The molecular weight excluding hydrogens is 566 g/mol. The average molecular weight is 604 g/mol. The Hall–Kier alpha value is -4.38. The molecule has 0 bridgehead atoms. The van der Waals surface area contributed by atoms with Crippen molar-refractivity contribution in [2.75, 3.05) is 20.3 Å². The maximum atomic E-state index is 14.1. The standard InChI is InChI=1S/C33H37N3O8/c1-32(2)16-23-30(25(37)18-32)29(31-24(34(23)13-8-14-43-5)17-33(3,4)19-26(31)38)21-9-6-7-10-27(21)44-28-12-11-20(35(39)40)15-22(28)36(41)42/h6-7,9-12,15,29H,8,13-14,16-19H2,1-5H3. The van der Waals surface area contributed by atoms with Crippen molar-refractivity contribution in [3.63, 3.8) is 0 Å². The van der Waals surface area contributed by atoms with E-state index in [1.54, 1.807) is 31.4 Å². The molecule has 0 saturated carbocycles. The number of allylic oxidation sites excluding steroid dienone is 4. The van der Waals surface area contributed by atoms with Gasteiger partial charge in [-0.05, 0) is 42.2 Å². The second-order valence-electron chi connectivity index (χ2n) is 13.3. The van der Waals surface area contributed by atoms with Crippen LogP contribution >= 0.6 is 0 Å². The quantitative estimate of drug-likeness (QED) is 0.168. The predicted molar refractivity (Wildman–Crippen MR) is 162 cm³/mol. The molecule has 3 aliphatic rings. The number of rotatable bonds is 9. The minimum Gasteiger partial charge on any atom is -0.450 e. The van der Waals surface area contributed by atoms with Gasteiger partial charge in [0.1, 0.15) is 5.75 Å². The summed E-state index contributed by atoms with van der Waals surface area (Å²) in [5, 5.41) is 23.2. The van der Waals surface area contributed by atoms with Gasteiger partial charge in [0.15, 0.2) is 11.6 Å². The van der Waals surface area contributed by atoms with Gasteiger partial charge in [0.25, 0.3) is 5.69 Å². The average Bonchev–Trinajstić information content (AvgIpc) is 2.92. The molecule has 5 rings (SSSR count). The summed E-state index contributed by atoms with van der Waals surface area (Å²) in [6.07, 6.45) is 2.61. The molecular formula is C33H37N3O8. The molecule has 0 saturated heterocycles. The number of nitro benzene ring substituents is 2. The first-order valence-electron chi connectivity index (χ1n) is 14.7. The van der Waals surface area contributed by atoms with Gasteiger partial charge in [0.2, 0.25) is 5.75 Å². The molecule has 232 valence electrons. The van der Waals surface area contributed by atoms with Crippen LogP contribution in [0.4, 0.5) is 11.4 Å². The zero-order valence-corrected chi connectivity index (χ0v) is 25.7. The number of carbonyl (C=O) groups is 2. The molecule has 11 nitrogen and oxygen atoms in total. The molecule has 0 unspecified atom stereocenters. The molecule has 0 atom stereocenters. The minimum atomic E-state index is -0.732. The highest BCUT2D eigenvalue weighted by Crippen LogP contribution is 2.55. The van der Waals surface area contributed by atoms with E-state index in [1.165, 1.54) is 6.07 Å². The normalized spacial score (nSPS) is 19.5. The second kappa shape index (κ2) is 11.6. The molecule has 0 fully saturated rings. The third-order valence-electron chi connectivity index (χ3n) is 8.55. The zero-order chi connectivity index (χ0) is 32.0. The predicted octanol–water partition coefficient (Wildman–Crippen LogP) is 7.02. The van der Waals surface area contributed by atoms with Crippen molar-refractivity contribution in [3.8, 4) is 11.5 Å². The molecule has 2 aliphatic carbocycles. The van der Waals surface area contributed by atoms with Crippen LogP contribution in [0.1, 0.15) is 71.3 Å². The van der Waals surface area contributed by atoms with Gasteiger partial charge in [-0.1, -0.05) is 45.9 Å². The zero-order valence-electron chi connectivity index (χ0n) is 25.7. The van der Waals surface area contributed by atoms with E-state index in [2.05, 4.69) is 32.6 Å². The van der Waals surface area contributed by atoms with Crippen LogP contribution in [0.3, 0.4) is 0 Å². The Balaban J connectivity index is 1.72. The Kier molecular flexibility index (Phi) is 8.19. The highest BCUT2D eigenvalue weighted by Gasteiger charge is 2.49. The van der Waals surface area contributed by atoms with Crippen LogP contribution in [0.25, 0.3) is 0 Å². The van der Waals surface area contributed by atoms with Crippen molar-refractivity contribution in [1.29, 1.82) is 0 Å². The summed E-state index contributed by atoms with van der Waals surface area (Å²) in [7, 11) is 1.65. The van der Waals surface area contributed by atoms with Gasteiger partial charge in [-0.25, -0.2) is 0 Å². The van der Waals surface area contributed by atoms with Crippen LogP contribution in [-0.4, -0.2) is 46.6 Å². The van der Waals surface area contributed by atoms with Crippen molar-refractivity contribution in [2.45, 2.75) is 65.7 Å². The van der Waals surface area contributed by atoms with Gasteiger partial charge in [0, 0.05) is 73.2 Å². The number of hydrogen-bond donors (Lipinski definition) is 0. The van der Waals surface area contributed by atoms with Crippen LogP contribution in [-0.2, 0) is 14.3 Å². The fourth-order valence-electron chi connectivity index (χ4n) is 6.77. The summed E-state index contributed by atoms with van der Waals surface area (Å²) in [4.78, 5) is 52.1. The lowest BCUT2D eigenvalue weighted by Crippen LogP contribution is -2.44. The molecule has 0 spiro atoms. The number of nitro groups is 2. The van der Waals surface area contributed by atoms with Gasteiger partial charge in [-0.2, -0.15) is 0 Å². The van der Waals surface area contributed by atoms with E-state index < -0.39 is 27.1 Å². The lowest BCUT2D eigenvalue weighted by molar-refractivity contribution is -0.394. The number of ether oxygens (including phenoxy) is 2. The molecule has 0 radical (unpaired) electrons. The molecule has 0 amide bonds. The lowest BCUT2D eigenvalue weighted by atomic mass is 9.63. The van der Waals surface area contributed by atoms with Crippen LogP contribution in [0.5, 0.6) is 11.5 Å². The molecule has 0 N–H and O–H groups in total. The summed E-state index contributed by atoms with van der Waals surface area (Å²) in [5.74, 6) is -0.757. The Morgan fingerprint density at radius 1 is 0.841 bits per heavy atom. The number of Topliss-reactive ketones (excluding diaryl/α,β-unsaturated/α-hetero) is 2. The Labute approximate surface area is 255 Å². The number of para-hydroxylation sites is 1. The first kappa shape index (κ1) is 31.1. The smallest absolute Gasteiger partial charge is 0.318 e. The van der Waals surface area contributed by atoms with Gasteiger partial charge >= 0.3 is 5.69 Å². The molecule has 11 heteroatoms. The van der Waals surface area contributed by atoms with Crippen molar-refractivity contribution < 1.29 is 28.9 Å². The summed E-state index contributed by atoms with van der Waals surface area (Å²) in [5.41, 5.74) is 1.87. The van der Waals surface area contributed by atoms with Crippen molar-refractivity contribution >= 4 is 22.9 Å². The molecule has 1 aliphatic heterocycles. The number of hydrogen-bond acceptors (Lipinski definition) is 9. The fourth-order valence-corrected chi connectivity index (χ4v) is 6.77. The SMILES string of the molecule is COCCCN1C2=C(C(=O)CC(C)(C)C2)C(c2ccccc2Oc2ccc([N+](=O)[O-])cc2[N+](=O)[O-])C2=C1CC(C)(C)CC2=O. The Morgan fingerprint density at radius 2 is 1.43 bits per heavy atom. The van der Waals surface area contributed by atoms with E-state index in [0.717, 1.165) is 23.5 Å². The third-order valence-corrected chi connectivity index (χ3v) is 8.55. The number of benzene rings is 2. The summed E-state index contributed by atoms with van der Waals surface area (Å²) < 4.78 is 11.5. The van der Waals surface area contributed by atoms with Crippen LogP contribution in [0, 0.1) is 31.1 Å². The molecule has 0 aromatic heterocycles. The number of nitrogens with zero attached hydrogens (tertiary/aromatic N) is 3. The molecule has 2 aromatic rings.